The highest BCUT2D eigenvalue weighted by atomic mass is 16.1. The molecule has 0 saturated heterocycles. The zero-order chi connectivity index (χ0) is 14.4. The SMILES string of the molecule is CCCn1ccn(CCCC(=O)c2ccccc2)c1=O. The van der Waals surface area contributed by atoms with E-state index in [1.807, 2.05) is 43.5 Å². The molecule has 1 heterocycles. The third-order valence-electron chi connectivity index (χ3n) is 3.28. The molecular weight excluding hydrogens is 252 g/mol. The van der Waals surface area contributed by atoms with Crippen LogP contribution in [0, 0.1) is 0 Å². The fraction of sp³-hybridized carbons (Fsp3) is 0.375. The molecule has 0 aliphatic carbocycles. The van der Waals surface area contributed by atoms with Gasteiger partial charge in [0, 0.05) is 37.5 Å². The van der Waals surface area contributed by atoms with Crippen molar-refractivity contribution >= 4 is 5.78 Å². The molecule has 4 heteroatoms. The monoisotopic (exact) mass is 272 g/mol. The second-order valence-corrected chi connectivity index (χ2v) is 4.86. The second-order valence-electron chi connectivity index (χ2n) is 4.86. The number of hydrogen-bond donors (Lipinski definition) is 0. The quantitative estimate of drug-likeness (QED) is 0.727. The van der Waals surface area contributed by atoms with Crippen molar-refractivity contribution in [1.82, 2.24) is 9.13 Å². The molecule has 0 atom stereocenters. The van der Waals surface area contributed by atoms with Gasteiger partial charge in [-0.25, -0.2) is 4.79 Å². The van der Waals surface area contributed by atoms with Crippen molar-refractivity contribution < 1.29 is 4.79 Å². The van der Waals surface area contributed by atoms with E-state index in [1.165, 1.54) is 0 Å². The summed E-state index contributed by atoms with van der Waals surface area (Å²) in [6.45, 7) is 3.38. The molecule has 2 rings (SSSR count). The van der Waals surface area contributed by atoms with Crippen LogP contribution in [-0.4, -0.2) is 14.9 Å². The molecule has 0 unspecified atom stereocenters. The van der Waals surface area contributed by atoms with Gasteiger partial charge in [-0.2, -0.15) is 0 Å². The number of nitrogens with zero attached hydrogens (tertiary/aromatic N) is 2. The van der Waals surface area contributed by atoms with Gasteiger partial charge in [0.2, 0.25) is 0 Å². The van der Waals surface area contributed by atoms with Crippen LogP contribution in [0.2, 0.25) is 0 Å². The van der Waals surface area contributed by atoms with Gasteiger partial charge >= 0.3 is 5.69 Å². The molecule has 1 aromatic heterocycles. The number of ketones is 1. The number of hydrogen-bond acceptors (Lipinski definition) is 2. The summed E-state index contributed by atoms with van der Waals surface area (Å²) in [7, 11) is 0. The molecule has 106 valence electrons. The summed E-state index contributed by atoms with van der Waals surface area (Å²) in [5, 5.41) is 0. The van der Waals surface area contributed by atoms with Crippen molar-refractivity contribution in [2.45, 2.75) is 39.3 Å². The van der Waals surface area contributed by atoms with Crippen LogP contribution >= 0.6 is 0 Å². The van der Waals surface area contributed by atoms with Crippen molar-refractivity contribution in [3.05, 3.63) is 58.8 Å². The van der Waals surface area contributed by atoms with Gasteiger partial charge in [0.25, 0.3) is 0 Å². The van der Waals surface area contributed by atoms with E-state index >= 15 is 0 Å². The molecule has 0 fully saturated rings. The Morgan fingerprint density at radius 1 is 1.05 bits per heavy atom. The van der Waals surface area contributed by atoms with Gasteiger partial charge in [0.05, 0.1) is 0 Å². The predicted molar refractivity (Wildman–Crippen MR) is 79.0 cm³/mol. The number of carbonyl (C=O) groups excluding carboxylic acids is 1. The minimum atomic E-state index is 0.0130. The van der Waals surface area contributed by atoms with Gasteiger partial charge in [-0.05, 0) is 12.8 Å². The first-order valence-corrected chi connectivity index (χ1v) is 7.06. The maximum Gasteiger partial charge on any atom is 0.328 e. The van der Waals surface area contributed by atoms with Gasteiger partial charge in [-0.3, -0.25) is 13.9 Å². The van der Waals surface area contributed by atoms with Gasteiger partial charge in [0.15, 0.2) is 5.78 Å². The van der Waals surface area contributed by atoms with Crippen LogP contribution in [0.5, 0.6) is 0 Å². The molecule has 4 nitrogen and oxygen atoms in total. The average Bonchev–Trinajstić information content (AvgIpc) is 2.82. The van der Waals surface area contributed by atoms with Crippen molar-refractivity contribution in [3.63, 3.8) is 0 Å². The fourth-order valence-electron chi connectivity index (χ4n) is 2.21. The Labute approximate surface area is 118 Å². The lowest BCUT2D eigenvalue weighted by atomic mass is 10.1. The molecule has 0 aliphatic heterocycles. The van der Waals surface area contributed by atoms with E-state index < -0.39 is 0 Å². The van der Waals surface area contributed by atoms with Crippen LogP contribution in [0.3, 0.4) is 0 Å². The number of Topliss-reactive ketones (excluding diaryl/α,β-unsaturated/α-hetero) is 1. The largest absolute Gasteiger partial charge is 0.328 e. The summed E-state index contributed by atoms with van der Waals surface area (Å²) >= 11 is 0. The highest BCUT2D eigenvalue weighted by Gasteiger charge is 2.06. The van der Waals surface area contributed by atoms with Gasteiger partial charge in [-0.1, -0.05) is 37.3 Å². The Kier molecular flexibility index (Phi) is 4.93. The predicted octanol–water partition coefficient (Wildman–Crippen LogP) is 2.72. The summed E-state index contributed by atoms with van der Waals surface area (Å²) in [6, 6.07) is 9.27. The molecule has 1 aromatic carbocycles. The van der Waals surface area contributed by atoms with E-state index in [2.05, 4.69) is 0 Å². The van der Waals surface area contributed by atoms with Crippen LogP contribution in [0.25, 0.3) is 0 Å². The summed E-state index contributed by atoms with van der Waals surface area (Å²) in [5.41, 5.74) is 0.752. The zero-order valence-electron chi connectivity index (χ0n) is 11.8. The minimum absolute atomic E-state index is 0.0130. The highest BCUT2D eigenvalue weighted by molar-refractivity contribution is 5.95. The third-order valence-corrected chi connectivity index (χ3v) is 3.28. The van der Waals surface area contributed by atoms with Crippen LogP contribution in [0.4, 0.5) is 0 Å². The van der Waals surface area contributed by atoms with Crippen LogP contribution < -0.4 is 5.69 Å². The molecule has 0 radical (unpaired) electrons. The first kappa shape index (κ1) is 14.3. The smallest absolute Gasteiger partial charge is 0.299 e. The molecule has 2 aromatic rings. The summed E-state index contributed by atoms with van der Waals surface area (Å²) < 4.78 is 3.38. The Hall–Kier alpha value is -2.10. The second kappa shape index (κ2) is 6.89. The molecule has 0 aliphatic rings. The standard InChI is InChI=1S/C16H20N2O2/c1-2-10-17-12-13-18(16(17)20)11-6-9-15(19)14-7-4-3-5-8-14/h3-5,7-8,12-13H,2,6,9-11H2,1H3. The number of benzene rings is 1. The number of aromatic nitrogens is 2. The lowest BCUT2D eigenvalue weighted by molar-refractivity contribution is 0.0978. The van der Waals surface area contributed by atoms with Crippen molar-refractivity contribution in [2.24, 2.45) is 0 Å². The van der Waals surface area contributed by atoms with E-state index in [4.69, 9.17) is 0 Å². The van der Waals surface area contributed by atoms with Crippen LogP contribution in [-0.2, 0) is 13.1 Å². The molecular formula is C16H20N2O2. The minimum Gasteiger partial charge on any atom is -0.299 e. The van der Waals surface area contributed by atoms with E-state index in [1.54, 1.807) is 15.3 Å². The number of imidazole rings is 1. The molecule has 20 heavy (non-hydrogen) atoms. The average molecular weight is 272 g/mol. The Morgan fingerprint density at radius 3 is 2.35 bits per heavy atom. The van der Waals surface area contributed by atoms with E-state index in [9.17, 15) is 9.59 Å². The van der Waals surface area contributed by atoms with Crippen molar-refractivity contribution in [1.29, 1.82) is 0 Å². The van der Waals surface area contributed by atoms with Crippen LogP contribution in [0.15, 0.2) is 47.5 Å². The van der Waals surface area contributed by atoms with E-state index in [-0.39, 0.29) is 11.5 Å². The van der Waals surface area contributed by atoms with E-state index in [0.717, 1.165) is 18.5 Å². The van der Waals surface area contributed by atoms with Crippen LogP contribution in [0.1, 0.15) is 36.5 Å². The normalized spacial score (nSPS) is 10.7. The summed E-state index contributed by atoms with van der Waals surface area (Å²) in [4.78, 5) is 23.9. The number of rotatable bonds is 7. The van der Waals surface area contributed by atoms with Gasteiger partial charge < -0.3 is 0 Å². The molecule has 0 saturated carbocycles. The lowest BCUT2D eigenvalue weighted by Crippen LogP contribution is -2.24. The number of carbonyl (C=O) groups is 1. The Bertz CT molecular complexity index is 611. The summed E-state index contributed by atoms with van der Waals surface area (Å²) in [5.74, 6) is 0.131. The first-order valence-electron chi connectivity index (χ1n) is 7.06. The molecule has 0 bridgehead atoms. The lowest BCUT2D eigenvalue weighted by Gasteiger charge is -2.02. The van der Waals surface area contributed by atoms with Gasteiger partial charge in [0.1, 0.15) is 0 Å². The Morgan fingerprint density at radius 2 is 1.70 bits per heavy atom. The zero-order valence-corrected chi connectivity index (χ0v) is 11.8. The highest BCUT2D eigenvalue weighted by Crippen LogP contribution is 2.05. The maximum absolute atomic E-state index is 11.9. The molecule has 0 amide bonds. The molecule has 0 spiro atoms. The summed E-state index contributed by atoms with van der Waals surface area (Å²) in [6.07, 6.45) is 5.70. The van der Waals surface area contributed by atoms with E-state index in [0.29, 0.717) is 19.4 Å². The van der Waals surface area contributed by atoms with Gasteiger partial charge in [-0.15, -0.1) is 0 Å². The number of aryl methyl sites for hydroxylation is 2. The Balaban J connectivity index is 1.87. The first-order chi connectivity index (χ1) is 9.72. The third kappa shape index (κ3) is 3.47. The van der Waals surface area contributed by atoms with Crippen molar-refractivity contribution in [3.8, 4) is 0 Å². The molecule has 0 N–H and O–H groups in total. The maximum atomic E-state index is 11.9. The van der Waals surface area contributed by atoms with Crippen molar-refractivity contribution in [2.75, 3.05) is 0 Å². The topological polar surface area (TPSA) is 44.0 Å². The fourth-order valence-corrected chi connectivity index (χ4v) is 2.21.